The highest BCUT2D eigenvalue weighted by Gasteiger charge is 2.28. The van der Waals surface area contributed by atoms with E-state index in [4.69, 9.17) is 0 Å². The number of halogens is 1. The fourth-order valence-electron chi connectivity index (χ4n) is 2.55. The highest BCUT2D eigenvalue weighted by Crippen LogP contribution is 2.29. The van der Waals surface area contributed by atoms with Gasteiger partial charge in [0, 0.05) is 24.4 Å². The quantitative estimate of drug-likeness (QED) is 0.807. The third-order valence-electron chi connectivity index (χ3n) is 3.56. The van der Waals surface area contributed by atoms with Crippen LogP contribution in [0.3, 0.4) is 0 Å². The first kappa shape index (κ1) is 12.9. The van der Waals surface area contributed by atoms with Gasteiger partial charge < -0.3 is 4.90 Å². The molecule has 1 atom stereocenters. The molecule has 1 fully saturated rings. The largest absolute Gasteiger partial charge is 0.338 e. The number of carbonyl (C=O) groups excluding carboxylic acids is 1. The van der Waals surface area contributed by atoms with Crippen LogP contribution >= 0.6 is 27.3 Å². The molecule has 1 aromatic carbocycles. The smallest absolute Gasteiger partial charge is 0.254 e. The van der Waals surface area contributed by atoms with E-state index in [9.17, 15) is 4.79 Å². The molecular formula is C15H14BrNOS. The van der Waals surface area contributed by atoms with Gasteiger partial charge in [0.05, 0.1) is 9.35 Å². The standard InChI is InChI=1S/C15H14BrNOS/c16-14-8-13(10-19-14)15(18)17-7-6-12(9-17)11-4-2-1-3-5-11/h1-5,8,10,12H,6-7,9H2. The minimum absolute atomic E-state index is 0.153. The number of nitrogens with zero attached hydrogens (tertiary/aromatic N) is 1. The summed E-state index contributed by atoms with van der Waals surface area (Å²) in [6, 6.07) is 12.4. The summed E-state index contributed by atoms with van der Waals surface area (Å²) in [4.78, 5) is 14.3. The van der Waals surface area contributed by atoms with Gasteiger partial charge in [-0.25, -0.2) is 0 Å². The minimum Gasteiger partial charge on any atom is -0.338 e. The lowest BCUT2D eigenvalue weighted by molar-refractivity contribution is 0.0791. The normalized spacial score (nSPS) is 18.8. The van der Waals surface area contributed by atoms with Crippen LogP contribution in [0.2, 0.25) is 0 Å². The Hall–Kier alpha value is -1.13. The van der Waals surface area contributed by atoms with Gasteiger partial charge >= 0.3 is 0 Å². The van der Waals surface area contributed by atoms with Gasteiger partial charge in [0.1, 0.15) is 0 Å². The van der Waals surface area contributed by atoms with Crippen LogP contribution in [-0.2, 0) is 0 Å². The van der Waals surface area contributed by atoms with Crippen LogP contribution in [0.1, 0.15) is 28.3 Å². The lowest BCUT2D eigenvalue weighted by atomic mass is 9.99. The van der Waals surface area contributed by atoms with E-state index < -0.39 is 0 Å². The van der Waals surface area contributed by atoms with E-state index >= 15 is 0 Å². The van der Waals surface area contributed by atoms with Crippen molar-refractivity contribution in [2.45, 2.75) is 12.3 Å². The number of thiophene rings is 1. The minimum atomic E-state index is 0.153. The van der Waals surface area contributed by atoms with Gasteiger partial charge in [-0.15, -0.1) is 11.3 Å². The van der Waals surface area contributed by atoms with Crippen LogP contribution in [0.5, 0.6) is 0 Å². The van der Waals surface area contributed by atoms with Crippen molar-refractivity contribution in [1.29, 1.82) is 0 Å². The second kappa shape index (κ2) is 5.47. The summed E-state index contributed by atoms with van der Waals surface area (Å²) in [5.41, 5.74) is 2.13. The lowest BCUT2D eigenvalue weighted by Gasteiger charge is -2.16. The van der Waals surface area contributed by atoms with E-state index in [2.05, 4.69) is 40.2 Å². The first-order valence-corrected chi connectivity index (χ1v) is 7.99. The molecule has 3 rings (SSSR count). The molecule has 1 amide bonds. The zero-order valence-corrected chi connectivity index (χ0v) is 12.8. The highest BCUT2D eigenvalue weighted by molar-refractivity contribution is 9.11. The molecule has 2 aromatic rings. The van der Waals surface area contributed by atoms with Crippen LogP contribution in [0.4, 0.5) is 0 Å². The molecule has 0 N–H and O–H groups in total. The van der Waals surface area contributed by atoms with E-state index in [1.54, 1.807) is 11.3 Å². The van der Waals surface area contributed by atoms with Gasteiger partial charge in [-0.05, 0) is 34.0 Å². The first-order valence-electron chi connectivity index (χ1n) is 6.32. The van der Waals surface area contributed by atoms with E-state index in [0.29, 0.717) is 5.92 Å². The SMILES string of the molecule is O=C(c1csc(Br)c1)N1CCC(c2ccccc2)C1. The van der Waals surface area contributed by atoms with Crippen LogP contribution in [0.25, 0.3) is 0 Å². The van der Waals surface area contributed by atoms with Crippen molar-refractivity contribution < 1.29 is 4.79 Å². The molecule has 1 aliphatic rings. The van der Waals surface area contributed by atoms with Gasteiger partial charge in [-0.2, -0.15) is 0 Å². The molecule has 1 aliphatic heterocycles. The monoisotopic (exact) mass is 335 g/mol. The van der Waals surface area contributed by atoms with Gasteiger partial charge in [0.25, 0.3) is 5.91 Å². The topological polar surface area (TPSA) is 20.3 Å². The van der Waals surface area contributed by atoms with Crippen molar-refractivity contribution in [3.63, 3.8) is 0 Å². The number of carbonyl (C=O) groups is 1. The summed E-state index contributed by atoms with van der Waals surface area (Å²) in [6.45, 7) is 1.68. The first-order chi connectivity index (χ1) is 9.24. The summed E-state index contributed by atoms with van der Waals surface area (Å²) < 4.78 is 1.01. The van der Waals surface area contributed by atoms with E-state index in [-0.39, 0.29) is 5.91 Å². The van der Waals surface area contributed by atoms with Crippen molar-refractivity contribution >= 4 is 33.2 Å². The van der Waals surface area contributed by atoms with Crippen molar-refractivity contribution in [1.82, 2.24) is 4.90 Å². The molecule has 1 saturated heterocycles. The molecular weight excluding hydrogens is 322 g/mol. The molecule has 1 unspecified atom stereocenters. The molecule has 2 heterocycles. The maximum atomic E-state index is 12.3. The number of likely N-dealkylation sites (tertiary alicyclic amines) is 1. The Bertz CT molecular complexity index is 581. The van der Waals surface area contributed by atoms with Crippen molar-refractivity contribution in [2.24, 2.45) is 0 Å². The van der Waals surface area contributed by atoms with Crippen LogP contribution < -0.4 is 0 Å². The number of hydrogen-bond acceptors (Lipinski definition) is 2. The second-order valence-electron chi connectivity index (χ2n) is 4.79. The molecule has 4 heteroatoms. The van der Waals surface area contributed by atoms with Gasteiger partial charge in [0.15, 0.2) is 0 Å². The van der Waals surface area contributed by atoms with Crippen molar-refractivity contribution in [3.8, 4) is 0 Å². The molecule has 0 aliphatic carbocycles. The number of rotatable bonds is 2. The van der Waals surface area contributed by atoms with E-state index in [1.165, 1.54) is 5.56 Å². The Kier molecular flexibility index (Phi) is 3.71. The zero-order valence-electron chi connectivity index (χ0n) is 10.4. The van der Waals surface area contributed by atoms with Crippen molar-refractivity contribution in [2.75, 3.05) is 13.1 Å². The van der Waals surface area contributed by atoms with Crippen LogP contribution in [-0.4, -0.2) is 23.9 Å². The summed E-state index contributed by atoms with van der Waals surface area (Å²) in [6.07, 6.45) is 1.06. The molecule has 0 saturated carbocycles. The Labute approximate surface area is 125 Å². The Balaban J connectivity index is 1.71. The fourth-order valence-corrected chi connectivity index (χ4v) is 3.68. The fraction of sp³-hybridized carbons (Fsp3) is 0.267. The molecule has 98 valence electrons. The van der Waals surface area contributed by atoms with Gasteiger partial charge in [-0.3, -0.25) is 4.79 Å². The number of amides is 1. The maximum Gasteiger partial charge on any atom is 0.254 e. The third-order valence-corrected chi connectivity index (χ3v) is 5.07. The zero-order chi connectivity index (χ0) is 13.2. The Morgan fingerprint density at radius 1 is 1.32 bits per heavy atom. The molecule has 0 spiro atoms. The summed E-state index contributed by atoms with van der Waals surface area (Å²) in [5, 5.41) is 1.92. The molecule has 0 radical (unpaired) electrons. The molecule has 1 aromatic heterocycles. The summed E-state index contributed by atoms with van der Waals surface area (Å²) in [5.74, 6) is 0.632. The lowest BCUT2D eigenvalue weighted by Crippen LogP contribution is -2.28. The third kappa shape index (κ3) is 2.74. The van der Waals surface area contributed by atoms with Crippen molar-refractivity contribution in [3.05, 3.63) is 56.7 Å². The van der Waals surface area contributed by atoms with E-state index in [1.807, 2.05) is 22.4 Å². The number of hydrogen-bond donors (Lipinski definition) is 0. The highest BCUT2D eigenvalue weighted by atomic mass is 79.9. The predicted octanol–water partition coefficient (Wildman–Crippen LogP) is 4.14. The average Bonchev–Trinajstić information content (AvgIpc) is 3.08. The number of benzene rings is 1. The van der Waals surface area contributed by atoms with Crippen LogP contribution in [0, 0.1) is 0 Å². The molecule has 0 bridgehead atoms. The summed E-state index contributed by atoms with van der Waals surface area (Å²) in [7, 11) is 0. The maximum absolute atomic E-state index is 12.3. The Morgan fingerprint density at radius 2 is 2.11 bits per heavy atom. The Morgan fingerprint density at radius 3 is 2.79 bits per heavy atom. The van der Waals surface area contributed by atoms with Gasteiger partial charge in [-0.1, -0.05) is 30.3 Å². The van der Waals surface area contributed by atoms with E-state index in [0.717, 1.165) is 28.9 Å². The molecule has 2 nitrogen and oxygen atoms in total. The second-order valence-corrected chi connectivity index (χ2v) is 7.08. The average molecular weight is 336 g/mol. The summed E-state index contributed by atoms with van der Waals surface area (Å²) >= 11 is 4.96. The van der Waals surface area contributed by atoms with Gasteiger partial charge in [0.2, 0.25) is 0 Å². The molecule has 19 heavy (non-hydrogen) atoms. The predicted molar refractivity (Wildman–Crippen MR) is 81.7 cm³/mol. The van der Waals surface area contributed by atoms with Crippen LogP contribution in [0.15, 0.2) is 45.6 Å².